The number of carbonyl (C=O) groups excluding carboxylic acids is 2. The monoisotopic (exact) mass is 398 g/mol. The van der Waals surface area contributed by atoms with Gasteiger partial charge in [0.1, 0.15) is 0 Å². The molecule has 0 spiro atoms. The SMILES string of the molecule is CC(C)OC(=O)CCCCCCCCCCCCC(C(=O)OC(C)C)C(C)C. The summed E-state index contributed by atoms with van der Waals surface area (Å²) in [6.45, 7) is 11.8. The lowest BCUT2D eigenvalue weighted by molar-refractivity contribution is -0.154. The number of ether oxygens (including phenoxy) is 2. The van der Waals surface area contributed by atoms with Crippen LogP contribution in [0.2, 0.25) is 0 Å². The molecule has 4 nitrogen and oxygen atoms in total. The van der Waals surface area contributed by atoms with E-state index in [0.29, 0.717) is 12.3 Å². The summed E-state index contributed by atoms with van der Waals surface area (Å²) >= 11 is 0. The lowest BCUT2D eigenvalue weighted by Gasteiger charge is -2.20. The van der Waals surface area contributed by atoms with E-state index in [1.807, 2.05) is 27.7 Å². The molecule has 4 heteroatoms. The maximum absolute atomic E-state index is 12.1. The normalized spacial score (nSPS) is 12.6. The molecule has 0 heterocycles. The molecule has 0 aromatic carbocycles. The third-order valence-corrected chi connectivity index (χ3v) is 4.97. The van der Waals surface area contributed by atoms with E-state index in [4.69, 9.17) is 9.47 Å². The van der Waals surface area contributed by atoms with E-state index in [-0.39, 0.29) is 30.1 Å². The van der Waals surface area contributed by atoms with E-state index in [2.05, 4.69) is 13.8 Å². The molecular weight excluding hydrogens is 352 g/mol. The summed E-state index contributed by atoms with van der Waals surface area (Å²) in [7, 11) is 0. The lowest BCUT2D eigenvalue weighted by atomic mass is 9.90. The van der Waals surface area contributed by atoms with Gasteiger partial charge in [0.2, 0.25) is 0 Å². The van der Waals surface area contributed by atoms with Crippen molar-refractivity contribution in [3.05, 3.63) is 0 Å². The van der Waals surface area contributed by atoms with E-state index in [1.165, 1.54) is 44.9 Å². The van der Waals surface area contributed by atoms with Crippen molar-refractivity contribution in [2.75, 3.05) is 0 Å². The number of hydrogen-bond donors (Lipinski definition) is 0. The summed E-state index contributed by atoms with van der Waals surface area (Å²) in [4.78, 5) is 23.6. The summed E-state index contributed by atoms with van der Waals surface area (Å²) in [6, 6.07) is 0. The van der Waals surface area contributed by atoms with Crippen LogP contribution in [0.5, 0.6) is 0 Å². The van der Waals surface area contributed by atoms with Crippen molar-refractivity contribution in [1.29, 1.82) is 0 Å². The van der Waals surface area contributed by atoms with Gasteiger partial charge in [0.15, 0.2) is 0 Å². The third kappa shape index (κ3) is 15.9. The van der Waals surface area contributed by atoms with Crippen LogP contribution in [0, 0.1) is 11.8 Å². The van der Waals surface area contributed by atoms with Crippen LogP contribution in [0.3, 0.4) is 0 Å². The first kappa shape index (κ1) is 26.9. The second-order valence-electron chi connectivity index (χ2n) is 8.95. The Morgan fingerprint density at radius 2 is 1.04 bits per heavy atom. The van der Waals surface area contributed by atoms with Gasteiger partial charge in [0.25, 0.3) is 0 Å². The third-order valence-electron chi connectivity index (χ3n) is 4.97. The highest BCUT2D eigenvalue weighted by Crippen LogP contribution is 2.22. The maximum Gasteiger partial charge on any atom is 0.309 e. The number of unbranched alkanes of at least 4 members (excludes halogenated alkanes) is 9. The second-order valence-corrected chi connectivity index (χ2v) is 8.95. The van der Waals surface area contributed by atoms with Crippen molar-refractivity contribution in [3.8, 4) is 0 Å². The topological polar surface area (TPSA) is 52.6 Å². The van der Waals surface area contributed by atoms with Crippen LogP contribution in [0.4, 0.5) is 0 Å². The van der Waals surface area contributed by atoms with Gasteiger partial charge in [-0.15, -0.1) is 0 Å². The Morgan fingerprint density at radius 1 is 0.607 bits per heavy atom. The van der Waals surface area contributed by atoms with Crippen LogP contribution in [0.15, 0.2) is 0 Å². The molecule has 0 amide bonds. The van der Waals surface area contributed by atoms with Gasteiger partial charge in [-0.1, -0.05) is 71.6 Å². The Morgan fingerprint density at radius 3 is 1.46 bits per heavy atom. The highest BCUT2D eigenvalue weighted by atomic mass is 16.5. The van der Waals surface area contributed by atoms with Gasteiger partial charge in [0.05, 0.1) is 18.1 Å². The molecule has 1 atom stereocenters. The first-order valence-electron chi connectivity index (χ1n) is 11.6. The molecule has 0 aromatic heterocycles. The fraction of sp³-hybridized carbons (Fsp3) is 0.917. The van der Waals surface area contributed by atoms with Crippen LogP contribution in [-0.4, -0.2) is 24.1 Å². The van der Waals surface area contributed by atoms with Gasteiger partial charge in [-0.05, 0) is 46.5 Å². The van der Waals surface area contributed by atoms with Crippen LogP contribution >= 0.6 is 0 Å². The molecule has 166 valence electrons. The van der Waals surface area contributed by atoms with E-state index in [0.717, 1.165) is 25.7 Å². The predicted molar refractivity (Wildman–Crippen MR) is 116 cm³/mol. The largest absolute Gasteiger partial charge is 0.463 e. The molecule has 0 aromatic rings. The minimum Gasteiger partial charge on any atom is -0.463 e. The second kappa shape index (κ2) is 16.9. The van der Waals surface area contributed by atoms with E-state index in [1.54, 1.807) is 0 Å². The smallest absolute Gasteiger partial charge is 0.309 e. The minimum atomic E-state index is -0.0628. The average Bonchev–Trinajstić information content (AvgIpc) is 2.57. The van der Waals surface area contributed by atoms with Gasteiger partial charge >= 0.3 is 11.9 Å². The quantitative estimate of drug-likeness (QED) is 0.199. The zero-order chi connectivity index (χ0) is 21.4. The summed E-state index contributed by atoms with van der Waals surface area (Å²) in [5.41, 5.74) is 0. The van der Waals surface area contributed by atoms with Crippen LogP contribution < -0.4 is 0 Å². The molecule has 0 saturated carbocycles. The molecule has 28 heavy (non-hydrogen) atoms. The lowest BCUT2D eigenvalue weighted by Crippen LogP contribution is -2.25. The van der Waals surface area contributed by atoms with Crippen molar-refractivity contribution >= 4 is 11.9 Å². The van der Waals surface area contributed by atoms with E-state index >= 15 is 0 Å². The zero-order valence-electron chi connectivity index (χ0n) is 19.4. The summed E-state index contributed by atoms with van der Waals surface area (Å²) < 4.78 is 10.5. The van der Waals surface area contributed by atoms with E-state index in [9.17, 15) is 9.59 Å². The van der Waals surface area contributed by atoms with Gasteiger partial charge in [-0.3, -0.25) is 9.59 Å². The number of hydrogen-bond acceptors (Lipinski definition) is 4. The predicted octanol–water partition coefficient (Wildman–Crippen LogP) is 6.84. The molecule has 0 saturated heterocycles. The van der Waals surface area contributed by atoms with Crippen molar-refractivity contribution in [2.45, 2.75) is 131 Å². The highest BCUT2D eigenvalue weighted by Gasteiger charge is 2.23. The first-order chi connectivity index (χ1) is 13.2. The van der Waals surface area contributed by atoms with Crippen molar-refractivity contribution in [1.82, 2.24) is 0 Å². The maximum atomic E-state index is 12.1. The molecule has 0 aliphatic rings. The minimum absolute atomic E-state index is 0.00220. The molecule has 0 rings (SSSR count). The van der Waals surface area contributed by atoms with Gasteiger partial charge in [0, 0.05) is 6.42 Å². The zero-order valence-corrected chi connectivity index (χ0v) is 19.4. The van der Waals surface area contributed by atoms with Crippen molar-refractivity contribution in [2.24, 2.45) is 11.8 Å². The Hall–Kier alpha value is -1.06. The number of esters is 2. The summed E-state index contributed by atoms with van der Waals surface area (Å²) in [5, 5.41) is 0. The Kier molecular flexibility index (Phi) is 16.2. The highest BCUT2D eigenvalue weighted by molar-refractivity contribution is 5.72. The van der Waals surface area contributed by atoms with Crippen LogP contribution in [0.1, 0.15) is 119 Å². The van der Waals surface area contributed by atoms with E-state index < -0.39 is 0 Å². The Bertz CT molecular complexity index is 401. The molecule has 0 radical (unpaired) electrons. The summed E-state index contributed by atoms with van der Waals surface area (Å²) in [6.07, 6.45) is 13.4. The molecular formula is C24H46O4. The molecule has 0 bridgehead atoms. The Balaban J connectivity index is 3.54. The van der Waals surface area contributed by atoms with Crippen LogP contribution in [0.25, 0.3) is 0 Å². The van der Waals surface area contributed by atoms with Crippen molar-refractivity contribution in [3.63, 3.8) is 0 Å². The van der Waals surface area contributed by atoms with Gasteiger partial charge in [-0.25, -0.2) is 0 Å². The summed E-state index contributed by atoms with van der Waals surface area (Å²) in [5.74, 6) is 0.299. The number of rotatable bonds is 17. The average molecular weight is 399 g/mol. The van der Waals surface area contributed by atoms with Gasteiger partial charge in [-0.2, -0.15) is 0 Å². The number of carbonyl (C=O) groups is 2. The van der Waals surface area contributed by atoms with Crippen LogP contribution in [-0.2, 0) is 19.1 Å². The Labute approximate surface area is 174 Å². The molecule has 0 fully saturated rings. The molecule has 0 N–H and O–H groups in total. The molecule has 0 aliphatic heterocycles. The molecule has 1 unspecified atom stereocenters. The fourth-order valence-electron chi connectivity index (χ4n) is 3.41. The van der Waals surface area contributed by atoms with Crippen molar-refractivity contribution < 1.29 is 19.1 Å². The van der Waals surface area contributed by atoms with Gasteiger partial charge < -0.3 is 9.47 Å². The molecule has 0 aliphatic carbocycles. The first-order valence-corrected chi connectivity index (χ1v) is 11.6. The fourth-order valence-corrected chi connectivity index (χ4v) is 3.41. The standard InChI is InChI=1S/C24H46O4/c1-19(2)22(24(26)28-21(5)6)17-15-13-11-9-7-8-10-12-14-16-18-23(25)27-20(3)4/h19-22H,7-18H2,1-6H3.